The second kappa shape index (κ2) is 6.16. The van der Waals surface area contributed by atoms with Crippen molar-refractivity contribution in [3.05, 3.63) is 35.3 Å². The third-order valence-corrected chi connectivity index (χ3v) is 4.51. The van der Waals surface area contributed by atoms with Crippen LogP contribution in [0.25, 0.3) is 11.0 Å². The lowest BCUT2D eigenvalue weighted by Crippen LogP contribution is -2.24. The molecule has 1 aliphatic heterocycles. The first-order valence-corrected chi connectivity index (χ1v) is 7.62. The Morgan fingerprint density at radius 1 is 1.33 bits per heavy atom. The number of ether oxygens (including phenoxy) is 1. The van der Waals surface area contributed by atoms with Crippen LogP contribution in [0.3, 0.4) is 0 Å². The van der Waals surface area contributed by atoms with E-state index in [2.05, 4.69) is 5.32 Å². The molecule has 1 aliphatic rings. The lowest BCUT2D eigenvalue weighted by Gasteiger charge is -2.25. The van der Waals surface area contributed by atoms with Crippen molar-refractivity contribution in [3.8, 4) is 0 Å². The Morgan fingerprint density at radius 3 is 2.81 bits per heavy atom. The van der Waals surface area contributed by atoms with Gasteiger partial charge in [0, 0.05) is 24.2 Å². The minimum absolute atomic E-state index is 0.170. The van der Waals surface area contributed by atoms with Crippen molar-refractivity contribution in [2.45, 2.75) is 32.2 Å². The minimum atomic E-state index is -0.219. The zero-order valence-electron chi connectivity index (χ0n) is 12.6. The van der Waals surface area contributed by atoms with Gasteiger partial charge < -0.3 is 14.5 Å². The van der Waals surface area contributed by atoms with Crippen LogP contribution in [-0.4, -0.2) is 20.3 Å². The van der Waals surface area contributed by atoms with Crippen LogP contribution in [-0.2, 0) is 4.74 Å². The molecule has 0 amide bonds. The molecule has 1 N–H and O–H groups in total. The smallest absolute Gasteiger partial charge is 0.134 e. The Kier molecular flexibility index (Phi) is 4.27. The van der Waals surface area contributed by atoms with Crippen LogP contribution >= 0.6 is 0 Å². The van der Waals surface area contributed by atoms with E-state index in [0.29, 0.717) is 5.92 Å². The summed E-state index contributed by atoms with van der Waals surface area (Å²) < 4.78 is 24.8. The second-order valence-corrected chi connectivity index (χ2v) is 5.86. The molecule has 0 radical (unpaired) electrons. The van der Waals surface area contributed by atoms with Gasteiger partial charge in [-0.3, -0.25) is 0 Å². The van der Waals surface area contributed by atoms with E-state index in [4.69, 9.17) is 9.15 Å². The molecule has 4 heteroatoms. The number of nitrogens with one attached hydrogen (secondary N) is 1. The first-order valence-electron chi connectivity index (χ1n) is 7.62. The molecular weight excluding hydrogens is 269 g/mol. The molecule has 3 nitrogen and oxygen atoms in total. The summed E-state index contributed by atoms with van der Waals surface area (Å²) >= 11 is 0. The number of hydrogen-bond acceptors (Lipinski definition) is 3. The van der Waals surface area contributed by atoms with E-state index in [1.807, 2.05) is 14.0 Å². The summed E-state index contributed by atoms with van der Waals surface area (Å²) in [5, 5.41) is 4.23. The molecule has 1 fully saturated rings. The monoisotopic (exact) mass is 291 g/mol. The molecule has 114 valence electrons. The normalized spacial score (nSPS) is 18.2. The molecular formula is C17H22FNO2. The van der Waals surface area contributed by atoms with E-state index in [9.17, 15) is 4.39 Å². The van der Waals surface area contributed by atoms with E-state index in [-0.39, 0.29) is 11.9 Å². The van der Waals surface area contributed by atoms with Gasteiger partial charge in [-0.15, -0.1) is 0 Å². The Labute approximate surface area is 124 Å². The highest BCUT2D eigenvalue weighted by atomic mass is 19.1. The largest absolute Gasteiger partial charge is 0.459 e. The van der Waals surface area contributed by atoms with Crippen LogP contribution < -0.4 is 5.32 Å². The summed E-state index contributed by atoms with van der Waals surface area (Å²) in [5.74, 6) is 1.37. The maximum absolute atomic E-state index is 13.4. The van der Waals surface area contributed by atoms with E-state index in [0.717, 1.165) is 54.8 Å². The molecule has 0 saturated carbocycles. The third-order valence-electron chi connectivity index (χ3n) is 4.51. The van der Waals surface area contributed by atoms with E-state index in [1.165, 1.54) is 6.07 Å². The van der Waals surface area contributed by atoms with Gasteiger partial charge in [-0.25, -0.2) is 4.39 Å². The Hall–Kier alpha value is -1.39. The van der Waals surface area contributed by atoms with Gasteiger partial charge in [0.1, 0.15) is 17.2 Å². The Morgan fingerprint density at radius 2 is 2.10 bits per heavy atom. The molecule has 3 rings (SSSR count). The second-order valence-electron chi connectivity index (χ2n) is 5.86. The highest BCUT2D eigenvalue weighted by Gasteiger charge is 2.24. The van der Waals surface area contributed by atoms with E-state index >= 15 is 0 Å². The highest BCUT2D eigenvalue weighted by molar-refractivity contribution is 5.82. The van der Waals surface area contributed by atoms with Crippen molar-refractivity contribution < 1.29 is 13.5 Å². The van der Waals surface area contributed by atoms with Crippen molar-refractivity contribution in [2.75, 3.05) is 20.3 Å². The molecule has 2 heterocycles. The fourth-order valence-corrected chi connectivity index (χ4v) is 3.22. The summed E-state index contributed by atoms with van der Waals surface area (Å²) in [4.78, 5) is 0. The number of fused-ring (bicyclic) bond motifs is 1. The lowest BCUT2D eigenvalue weighted by molar-refractivity contribution is 0.0600. The van der Waals surface area contributed by atoms with Gasteiger partial charge in [0.05, 0.1) is 6.04 Å². The van der Waals surface area contributed by atoms with Crippen molar-refractivity contribution in [1.29, 1.82) is 0 Å². The number of benzene rings is 1. The summed E-state index contributed by atoms with van der Waals surface area (Å²) in [6.07, 6.45) is 3.24. The number of halogens is 1. The summed E-state index contributed by atoms with van der Waals surface area (Å²) in [5.41, 5.74) is 1.80. The Balaban J connectivity index is 1.87. The topological polar surface area (TPSA) is 34.4 Å². The van der Waals surface area contributed by atoms with Gasteiger partial charge in [0.15, 0.2) is 0 Å². The van der Waals surface area contributed by atoms with Crippen molar-refractivity contribution in [1.82, 2.24) is 5.32 Å². The predicted molar refractivity (Wildman–Crippen MR) is 80.9 cm³/mol. The van der Waals surface area contributed by atoms with Crippen LogP contribution in [0.2, 0.25) is 0 Å². The zero-order chi connectivity index (χ0) is 14.8. The molecule has 0 spiro atoms. The lowest BCUT2D eigenvalue weighted by atomic mass is 9.90. The molecule has 1 aromatic heterocycles. The van der Waals surface area contributed by atoms with E-state index in [1.54, 1.807) is 12.1 Å². The Bertz CT molecular complexity index is 617. The summed E-state index contributed by atoms with van der Waals surface area (Å²) in [7, 11) is 1.96. The molecule has 0 aliphatic carbocycles. The molecule has 1 saturated heterocycles. The van der Waals surface area contributed by atoms with E-state index < -0.39 is 0 Å². The van der Waals surface area contributed by atoms with Gasteiger partial charge >= 0.3 is 0 Å². The maximum Gasteiger partial charge on any atom is 0.134 e. The highest BCUT2D eigenvalue weighted by Crippen LogP contribution is 2.34. The summed E-state index contributed by atoms with van der Waals surface area (Å²) in [6.45, 7) is 3.71. The summed E-state index contributed by atoms with van der Waals surface area (Å²) in [6, 6.07) is 4.88. The van der Waals surface area contributed by atoms with Crippen molar-refractivity contribution in [2.24, 2.45) is 5.92 Å². The van der Waals surface area contributed by atoms with Crippen LogP contribution in [0.4, 0.5) is 4.39 Å². The fourth-order valence-electron chi connectivity index (χ4n) is 3.22. The predicted octanol–water partition coefficient (Wildman–Crippen LogP) is 3.96. The quantitative estimate of drug-likeness (QED) is 0.926. The SMILES string of the molecule is CNC(CC1CCOCC1)c1oc2ccc(F)cc2c1C. The first-order chi connectivity index (χ1) is 10.2. The van der Waals surface area contributed by atoms with Crippen molar-refractivity contribution >= 4 is 11.0 Å². The molecule has 0 bridgehead atoms. The fraction of sp³-hybridized carbons (Fsp3) is 0.529. The minimum Gasteiger partial charge on any atom is -0.459 e. The number of hydrogen-bond donors (Lipinski definition) is 1. The van der Waals surface area contributed by atoms with Gasteiger partial charge in [-0.2, -0.15) is 0 Å². The average molecular weight is 291 g/mol. The van der Waals surface area contributed by atoms with Crippen LogP contribution in [0.5, 0.6) is 0 Å². The third kappa shape index (κ3) is 2.97. The molecule has 1 aromatic carbocycles. The molecule has 21 heavy (non-hydrogen) atoms. The number of aryl methyl sites for hydroxylation is 1. The van der Waals surface area contributed by atoms with Crippen LogP contribution in [0, 0.1) is 18.7 Å². The maximum atomic E-state index is 13.4. The van der Waals surface area contributed by atoms with Gasteiger partial charge in [0.2, 0.25) is 0 Å². The standard InChI is InChI=1S/C17H22FNO2/c1-11-14-10-13(18)3-4-16(14)21-17(11)15(19-2)9-12-5-7-20-8-6-12/h3-4,10,12,15,19H,5-9H2,1-2H3. The first kappa shape index (κ1) is 14.5. The molecule has 1 unspecified atom stereocenters. The average Bonchev–Trinajstić information content (AvgIpc) is 2.83. The van der Waals surface area contributed by atoms with Crippen molar-refractivity contribution in [3.63, 3.8) is 0 Å². The van der Waals surface area contributed by atoms with Crippen LogP contribution in [0.15, 0.2) is 22.6 Å². The number of furan rings is 1. The molecule has 1 atom stereocenters. The van der Waals surface area contributed by atoms with Gasteiger partial charge in [-0.1, -0.05) is 0 Å². The number of rotatable bonds is 4. The zero-order valence-corrected chi connectivity index (χ0v) is 12.6. The van der Waals surface area contributed by atoms with Gasteiger partial charge in [-0.05, 0) is 57.4 Å². The van der Waals surface area contributed by atoms with Crippen LogP contribution in [0.1, 0.15) is 36.6 Å². The molecule has 2 aromatic rings. The van der Waals surface area contributed by atoms with Gasteiger partial charge in [0.25, 0.3) is 0 Å².